The molecule has 1 fully saturated rings. The van der Waals surface area contributed by atoms with Crippen molar-refractivity contribution in [2.45, 2.75) is 25.1 Å². The molecule has 2 amide bonds. The van der Waals surface area contributed by atoms with Crippen molar-refractivity contribution in [2.24, 2.45) is 7.05 Å². The molecule has 7 nitrogen and oxygen atoms in total. The van der Waals surface area contributed by atoms with Crippen LogP contribution in [0.2, 0.25) is 0 Å². The summed E-state index contributed by atoms with van der Waals surface area (Å²) in [5, 5.41) is 15.0. The van der Waals surface area contributed by atoms with E-state index in [-0.39, 0.29) is 17.6 Å². The van der Waals surface area contributed by atoms with Gasteiger partial charge in [-0.2, -0.15) is 18.3 Å². The Balaban J connectivity index is 1.69. The molecule has 0 aromatic carbocycles. The lowest BCUT2D eigenvalue weighted by atomic mass is 10.1. The van der Waals surface area contributed by atoms with E-state index in [0.717, 1.165) is 22.1 Å². The molecule has 1 saturated heterocycles. The molecule has 2 aromatic rings. The molecule has 3 heterocycles. The van der Waals surface area contributed by atoms with Gasteiger partial charge in [0.05, 0.1) is 9.75 Å². The molecule has 11 heteroatoms. The predicted octanol–water partition coefficient (Wildman–Crippen LogP) is 3.04. The van der Waals surface area contributed by atoms with Crippen LogP contribution in [-0.4, -0.2) is 50.9 Å². The van der Waals surface area contributed by atoms with Crippen molar-refractivity contribution >= 4 is 23.3 Å². The van der Waals surface area contributed by atoms with Gasteiger partial charge in [-0.1, -0.05) is 0 Å². The number of amides is 2. The number of hydrogen-bond donors (Lipinski definition) is 2. The number of halogens is 3. The van der Waals surface area contributed by atoms with Crippen LogP contribution in [0.15, 0.2) is 18.2 Å². The average Bonchev–Trinajstić information content (AvgIpc) is 3.20. The summed E-state index contributed by atoms with van der Waals surface area (Å²) in [6.45, 7) is 0.831. The third-order valence-corrected chi connectivity index (χ3v) is 5.45. The molecule has 1 aliphatic heterocycles. The summed E-state index contributed by atoms with van der Waals surface area (Å²) < 4.78 is 39.5. The first-order valence-electron chi connectivity index (χ1n) is 8.15. The Hall–Kier alpha value is -2.56. The number of thiophene rings is 1. The van der Waals surface area contributed by atoms with Crippen molar-refractivity contribution in [1.29, 1.82) is 0 Å². The fourth-order valence-corrected chi connectivity index (χ4v) is 3.93. The summed E-state index contributed by atoms with van der Waals surface area (Å²) in [6.07, 6.45) is -4.54. The van der Waals surface area contributed by atoms with E-state index in [1.165, 1.54) is 7.05 Å². The van der Waals surface area contributed by atoms with Gasteiger partial charge >= 0.3 is 12.3 Å². The van der Waals surface area contributed by atoms with E-state index in [9.17, 15) is 22.8 Å². The lowest BCUT2D eigenvalue weighted by Gasteiger charge is -2.31. The molecule has 0 saturated carbocycles. The number of carbonyl (C=O) groups is 2. The first-order chi connectivity index (χ1) is 12.6. The minimum atomic E-state index is -4.50. The van der Waals surface area contributed by atoms with Crippen molar-refractivity contribution in [3.05, 3.63) is 28.8 Å². The molecular weight excluding hydrogens is 385 g/mol. The lowest BCUT2D eigenvalue weighted by Crippen LogP contribution is -2.46. The summed E-state index contributed by atoms with van der Waals surface area (Å²) in [5.74, 6) is -0.216. The van der Waals surface area contributed by atoms with Crippen LogP contribution in [-0.2, 0) is 13.2 Å². The average molecular weight is 402 g/mol. The molecule has 1 aliphatic rings. The van der Waals surface area contributed by atoms with Gasteiger partial charge in [0.1, 0.15) is 11.4 Å². The number of aromatic nitrogens is 2. The van der Waals surface area contributed by atoms with Gasteiger partial charge in [0.25, 0.3) is 5.91 Å². The zero-order valence-electron chi connectivity index (χ0n) is 14.3. The molecule has 2 aromatic heterocycles. The molecule has 0 atom stereocenters. The number of hydrogen-bond acceptors (Lipinski definition) is 4. The summed E-state index contributed by atoms with van der Waals surface area (Å²) in [7, 11) is 1.22. The van der Waals surface area contributed by atoms with Crippen LogP contribution in [0.1, 0.15) is 28.2 Å². The standard InChI is InChI=1S/C16H17F3N4O3S/c1-22-13(16(17,18)19)8-10(21-22)11-2-3-12(27-11)14(24)23-6-4-9(5-7-23)20-15(25)26/h2-3,8-9,20H,4-7H2,1H3,(H,25,26). The molecule has 0 bridgehead atoms. The topological polar surface area (TPSA) is 87.5 Å². The Bertz CT molecular complexity index is 853. The quantitative estimate of drug-likeness (QED) is 0.826. The largest absolute Gasteiger partial charge is 0.465 e. The molecule has 27 heavy (non-hydrogen) atoms. The van der Waals surface area contributed by atoms with E-state index in [1.807, 2.05) is 0 Å². The Morgan fingerprint density at radius 1 is 1.30 bits per heavy atom. The fraction of sp³-hybridized carbons (Fsp3) is 0.438. The van der Waals surface area contributed by atoms with Gasteiger partial charge in [-0.3, -0.25) is 9.48 Å². The maximum absolute atomic E-state index is 12.9. The van der Waals surface area contributed by atoms with Crippen LogP contribution in [0.4, 0.5) is 18.0 Å². The Labute approximate surface area is 156 Å². The highest BCUT2D eigenvalue weighted by Gasteiger charge is 2.35. The van der Waals surface area contributed by atoms with Crippen molar-refractivity contribution in [3.63, 3.8) is 0 Å². The fourth-order valence-electron chi connectivity index (χ4n) is 3.00. The summed E-state index contributed by atoms with van der Waals surface area (Å²) in [6, 6.07) is 3.94. The number of nitrogens with zero attached hydrogens (tertiary/aromatic N) is 3. The van der Waals surface area contributed by atoms with E-state index in [2.05, 4.69) is 10.4 Å². The number of piperidine rings is 1. The molecule has 0 radical (unpaired) electrons. The highest BCUT2D eigenvalue weighted by atomic mass is 32.1. The minimum absolute atomic E-state index is 0.165. The number of rotatable bonds is 3. The number of nitrogens with one attached hydrogen (secondary N) is 1. The van der Waals surface area contributed by atoms with Crippen molar-refractivity contribution in [2.75, 3.05) is 13.1 Å². The maximum atomic E-state index is 12.9. The van der Waals surface area contributed by atoms with E-state index in [1.54, 1.807) is 17.0 Å². The molecule has 146 valence electrons. The highest BCUT2D eigenvalue weighted by molar-refractivity contribution is 7.17. The van der Waals surface area contributed by atoms with Crippen LogP contribution in [0.25, 0.3) is 10.6 Å². The summed E-state index contributed by atoms with van der Waals surface area (Å²) >= 11 is 1.09. The number of carbonyl (C=O) groups excluding carboxylic acids is 1. The van der Waals surface area contributed by atoms with Gasteiger partial charge in [-0.25, -0.2) is 4.79 Å². The van der Waals surface area contributed by atoms with E-state index in [4.69, 9.17) is 5.11 Å². The Morgan fingerprint density at radius 2 is 1.96 bits per heavy atom. The van der Waals surface area contributed by atoms with E-state index >= 15 is 0 Å². The van der Waals surface area contributed by atoms with Gasteiger partial charge in [0.15, 0.2) is 0 Å². The van der Waals surface area contributed by atoms with Crippen molar-refractivity contribution in [3.8, 4) is 10.6 Å². The number of carboxylic acid groups (broad SMARTS) is 1. The molecule has 0 aliphatic carbocycles. The second-order valence-electron chi connectivity index (χ2n) is 6.22. The monoisotopic (exact) mass is 402 g/mol. The van der Waals surface area contributed by atoms with Gasteiger partial charge < -0.3 is 15.3 Å². The number of aryl methyl sites for hydroxylation is 1. The van der Waals surface area contributed by atoms with Crippen LogP contribution in [0.5, 0.6) is 0 Å². The zero-order valence-corrected chi connectivity index (χ0v) is 15.1. The Kier molecular flexibility index (Phi) is 5.13. The third kappa shape index (κ3) is 4.24. The first-order valence-corrected chi connectivity index (χ1v) is 8.97. The molecular formula is C16H17F3N4O3S. The predicted molar refractivity (Wildman–Crippen MR) is 91.6 cm³/mol. The van der Waals surface area contributed by atoms with E-state index in [0.29, 0.717) is 35.7 Å². The van der Waals surface area contributed by atoms with Gasteiger partial charge in [-0.15, -0.1) is 11.3 Å². The zero-order chi connectivity index (χ0) is 19.8. The SMILES string of the molecule is Cn1nc(-c2ccc(C(=O)N3CCC(NC(=O)O)CC3)s2)cc1C(F)(F)F. The van der Waals surface area contributed by atoms with Gasteiger partial charge in [0, 0.05) is 26.2 Å². The lowest BCUT2D eigenvalue weighted by molar-refractivity contribution is -0.143. The molecule has 0 spiro atoms. The van der Waals surface area contributed by atoms with Gasteiger partial charge in [-0.05, 0) is 31.0 Å². The summed E-state index contributed by atoms with van der Waals surface area (Å²) in [4.78, 5) is 25.8. The van der Waals surface area contributed by atoms with Crippen LogP contribution in [0, 0.1) is 0 Å². The molecule has 0 unspecified atom stereocenters. The van der Waals surface area contributed by atoms with Crippen LogP contribution in [0.3, 0.4) is 0 Å². The van der Waals surface area contributed by atoms with Crippen LogP contribution < -0.4 is 5.32 Å². The van der Waals surface area contributed by atoms with Gasteiger partial charge in [0.2, 0.25) is 0 Å². The smallest absolute Gasteiger partial charge is 0.433 e. The van der Waals surface area contributed by atoms with Crippen LogP contribution >= 0.6 is 11.3 Å². The summed E-state index contributed by atoms with van der Waals surface area (Å²) in [5.41, 5.74) is -0.690. The molecule has 3 rings (SSSR count). The number of likely N-dealkylation sites (tertiary alicyclic amines) is 1. The van der Waals surface area contributed by atoms with E-state index < -0.39 is 18.0 Å². The second kappa shape index (κ2) is 7.22. The normalized spacial score (nSPS) is 15.8. The first kappa shape index (κ1) is 19.2. The Morgan fingerprint density at radius 3 is 2.52 bits per heavy atom. The van der Waals surface area contributed by atoms with Crippen molar-refractivity contribution in [1.82, 2.24) is 20.0 Å². The van der Waals surface area contributed by atoms with Crippen molar-refractivity contribution < 1.29 is 27.9 Å². The molecule has 2 N–H and O–H groups in total. The second-order valence-corrected chi connectivity index (χ2v) is 7.30. The third-order valence-electron chi connectivity index (χ3n) is 4.35. The highest BCUT2D eigenvalue weighted by Crippen LogP contribution is 2.34. The maximum Gasteiger partial charge on any atom is 0.433 e. The number of alkyl halides is 3. The minimum Gasteiger partial charge on any atom is -0.465 e.